The molecule has 0 aliphatic rings. The maximum atomic E-state index is 12.2. The lowest BCUT2D eigenvalue weighted by Gasteiger charge is -2.07. The zero-order chi connectivity index (χ0) is 19.2. The highest BCUT2D eigenvalue weighted by Gasteiger charge is 2.05. The van der Waals surface area contributed by atoms with Crippen LogP contribution in [-0.2, 0) is 0 Å². The van der Waals surface area contributed by atoms with Gasteiger partial charge in [0.2, 0.25) is 0 Å². The molecule has 144 valence electrons. The zero-order valence-corrected chi connectivity index (χ0v) is 16.8. The normalized spacial score (nSPS) is 10.2. The van der Waals surface area contributed by atoms with Crippen molar-refractivity contribution in [3.63, 3.8) is 0 Å². The van der Waals surface area contributed by atoms with E-state index in [1.54, 1.807) is 12.1 Å². The molecule has 0 atom stereocenters. The van der Waals surface area contributed by atoms with Crippen LogP contribution in [0.1, 0.15) is 89.4 Å². The molecule has 5 heteroatoms. The van der Waals surface area contributed by atoms with Gasteiger partial charge in [0.05, 0.1) is 5.69 Å². The van der Waals surface area contributed by atoms with Gasteiger partial charge in [0.25, 0.3) is 5.91 Å². The van der Waals surface area contributed by atoms with E-state index in [2.05, 4.69) is 48.7 Å². The molecule has 0 radical (unpaired) electrons. The van der Waals surface area contributed by atoms with Crippen molar-refractivity contribution in [1.82, 2.24) is 5.43 Å². The number of hydrogen-bond acceptors (Lipinski definition) is 4. The molecule has 26 heavy (non-hydrogen) atoms. The molecular formula is C21H34N4O. The molecule has 0 fully saturated rings. The maximum absolute atomic E-state index is 12.2. The van der Waals surface area contributed by atoms with Crippen LogP contribution in [-0.4, -0.2) is 17.3 Å². The number of hydrogen-bond donors (Lipinski definition) is 2. The molecule has 2 N–H and O–H groups in total. The SMILES string of the molecule is CCCC(CCC)=NNC(=O)c1ccc(NN=C(CCC)CCC)cc1. The first-order valence-electron chi connectivity index (χ1n) is 9.91. The van der Waals surface area contributed by atoms with E-state index in [-0.39, 0.29) is 5.91 Å². The lowest BCUT2D eigenvalue weighted by Crippen LogP contribution is -2.19. The summed E-state index contributed by atoms with van der Waals surface area (Å²) in [7, 11) is 0. The number of hydrazone groups is 2. The average molecular weight is 359 g/mol. The Hall–Kier alpha value is -2.17. The van der Waals surface area contributed by atoms with E-state index in [0.717, 1.165) is 62.8 Å². The Morgan fingerprint density at radius 3 is 1.69 bits per heavy atom. The summed E-state index contributed by atoms with van der Waals surface area (Å²) in [6, 6.07) is 7.33. The summed E-state index contributed by atoms with van der Waals surface area (Å²) in [4.78, 5) is 12.2. The highest BCUT2D eigenvalue weighted by atomic mass is 16.2. The molecule has 0 unspecified atom stereocenters. The van der Waals surface area contributed by atoms with Gasteiger partial charge in [-0.25, -0.2) is 5.43 Å². The second-order valence-electron chi connectivity index (χ2n) is 6.49. The third kappa shape index (κ3) is 8.28. The van der Waals surface area contributed by atoms with Crippen LogP contribution in [0.5, 0.6) is 0 Å². The quantitative estimate of drug-likeness (QED) is 0.369. The molecular weight excluding hydrogens is 324 g/mol. The number of nitrogens with one attached hydrogen (secondary N) is 2. The van der Waals surface area contributed by atoms with E-state index in [4.69, 9.17) is 0 Å². The molecule has 1 aromatic carbocycles. The summed E-state index contributed by atoms with van der Waals surface area (Å²) in [5.74, 6) is -0.178. The van der Waals surface area contributed by atoms with Crippen molar-refractivity contribution in [2.75, 3.05) is 5.43 Å². The van der Waals surface area contributed by atoms with Crippen LogP contribution in [0.2, 0.25) is 0 Å². The van der Waals surface area contributed by atoms with Crippen LogP contribution >= 0.6 is 0 Å². The number of anilines is 1. The second-order valence-corrected chi connectivity index (χ2v) is 6.49. The molecule has 0 saturated heterocycles. The number of nitrogens with zero attached hydrogens (tertiary/aromatic N) is 2. The standard InChI is InChI=1S/C21H34N4O/c1-5-9-18(10-6-2)22-23-20-15-13-17(14-16-20)21(26)25-24-19(11-7-3)12-8-4/h13-16,23H,5-12H2,1-4H3,(H,25,26). The smallest absolute Gasteiger partial charge is 0.271 e. The first kappa shape index (κ1) is 21.9. The number of carbonyl (C=O) groups excluding carboxylic acids is 1. The Morgan fingerprint density at radius 1 is 0.769 bits per heavy atom. The molecule has 0 aromatic heterocycles. The molecule has 1 amide bonds. The first-order chi connectivity index (χ1) is 12.6. The monoisotopic (exact) mass is 358 g/mol. The largest absolute Gasteiger partial charge is 0.279 e. The van der Waals surface area contributed by atoms with Gasteiger partial charge in [-0.3, -0.25) is 10.2 Å². The molecule has 0 aliphatic heterocycles. The van der Waals surface area contributed by atoms with Gasteiger partial charge < -0.3 is 0 Å². The molecule has 1 aromatic rings. The third-order valence-corrected chi connectivity index (χ3v) is 3.96. The van der Waals surface area contributed by atoms with Crippen LogP contribution < -0.4 is 10.9 Å². The summed E-state index contributed by atoms with van der Waals surface area (Å²) < 4.78 is 0. The summed E-state index contributed by atoms with van der Waals surface area (Å²) in [5.41, 5.74) is 9.48. The van der Waals surface area contributed by atoms with E-state index in [0.29, 0.717) is 5.56 Å². The minimum Gasteiger partial charge on any atom is -0.279 e. The highest BCUT2D eigenvalue weighted by molar-refractivity contribution is 5.95. The minimum absolute atomic E-state index is 0.178. The van der Waals surface area contributed by atoms with Crippen LogP contribution in [0, 0.1) is 0 Å². The van der Waals surface area contributed by atoms with Crippen molar-refractivity contribution >= 4 is 23.0 Å². The fourth-order valence-electron chi connectivity index (χ4n) is 2.66. The van der Waals surface area contributed by atoms with Gasteiger partial charge in [-0.15, -0.1) is 0 Å². The molecule has 0 bridgehead atoms. The Morgan fingerprint density at radius 2 is 1.23 bits per heavy atom. The van der Waals surface area contributed by atoms with Crippen LogP contribution in [0.15, 0.2) is 34.5 Å². The molecule has 0 heterocycles. The van der Waals surface area contributed by atoms with E-state index >= 15 is 0 Å². The van der Waals surface area contributed by atoms with Gasteiger partial charge in [-0.2, -0.15) is 10.2 Å². The minimum atomic E-state index is -0.178. The predicted octanol–water partition coefficient (Wildman–Crippen LogP) is 5.74. The molecule has 0 saturated carbocycles. The highest BCUT2D eigenvalue weighted by Crippen LogP contribution is 2.11. The fraction of sp³-hybridized carbons (Fsp3) is 0.571. The van der Waals surface area contributed by atoms with E-state index < -0.39 is 0 Å². The van der Waals surface area contributed by atoms with Crippen LogP contribution in [0.4, 0.5) is 5.69 Å². The number of amides is 1. The van der Waals surface area contributed by atoms with E-state index in [1.807, 2.05) is 12.1 Å². The predicted molar refractivity (Wildman–Crippen MR) is 112 cm³/mol. The van der Waals surface area contributed by atoms with Crippen molar-refractivity contribution in [1.29, 1.82) is 0 Å². The second kappa shape index (κ2) is 13.1. The lowest BCUT2D eigenvalue weighted by molar-refractivity contribution is 0.0954. The van der Waals surface area contributed by atoms with Crippen LogP contribution in [0.3, 0.4) is 0 Å². The van der Waals surface area contributed by atoms with Gasteiger partial charge in [0, 0.05) is 17.0 Å². The van der Waals surface area contributed by atoms with E-state index in [1.165, 1.54) is 5.71 Å². The van der Waals surface area contributed by atoms with Crippen molar-refractivity contribution in [2.24, 2.45) is 10.2 Å². The summed E-state index contributed by atoms with van der Waals surface area (Å²) in [6.07, 6.45) is 8.13. The van der Waals surface area contributed by atoms with Crippen LogP contribution in [0.25, 0.3) is 0 Å². The summed E-state index contributed by atoms with van der Waals surface area (Å²) in [6.45, 7) is 8.56. The Bertz CT molecular complexity index is 575. The third-order valence-electron chi connectivity index (χ3n) is 3.96. The van der Waals surface area contributed by atoms with Gasteiger partial charge in [-0.05, 0) is 49.9 Å². The van der Waals surface area contributed by atoms with Crippen molar-refractivity contribution in [3.8, 4) is 0 Å². The molecule has 0 spiro atoms. The molecule has 1 rings (SSSR count). The van der Waals surface area contributed by atoms with Gasteiger partial charge in [0.15, 0.2) is 0 Å². The Labute approximate surface area is 158 Å². The maximum Gasteiger partial charge on any atom is 0.271 e. The topological polar surface area (TPSA) is 65.8 Å². The van der Waals surface area contributed by atoms with Crippen molar-refractivity contribution in [2.45, 2.75) is 79.1 Å². The first-order valence-corrected chi connectivity index (χ1v) is 9.91. The lowest BCUT2D eigenvalue weighted by atomic mass is 10.1. The average Bonchev–Trinajstić information content (AvgIpc) is 2.65. The molecule has 0 aliphatic carbocycles. The Kier molecular flexibility index (Phi) is 11.0. The number of benzene rings is 1. The van der Waals surface area contributed by atoms with Gasteiger partial charge >= 0.3 is 0 Å². The number of carbonyl (C=O) groups is 1. The summed E-state index contributed by atoms with van der Waals surface area (Å²) >= 11 is 0. The summed E-state index contributed by atoms with van der Waals surface area (Å²) in [5, 5.41) is 8.77. The van der Waals surface area contributed by atoms with Crippen molar-refractivity contribution in [3.05, 3.63) is 29.8 Å². The van der Waals surface area contributed by atoms with Gasteiger partial charge in [-0.1, -0.05) is 53.4 Å². The van der Waals surface area contributed by atoms with E-state index in [9.17, 15) is 4.79 Å². The fourth-order valence-corrected chi connectivity index (χ4v) is 2.66. The zero-order valence-electron chi connectivity index (χ0n) is 16.8. The van der Waals surface area contributed by atoms with Gasteiger partial charge in [0.1, 0.15) is 0 Å². The molecule has 5 nitrogen and oxygen atoms in total. The van der Waals surface area contributed by atoms with Crippen molar-refractivity contribution < 1.29 is 4.79 Å². The number of rotatable bonds is 12. The Balaban J connectivity index is 2.66.